The molecule has 4 heteroatoms. The third-order valence-electron chi connectivity index (χ3n) is 4.17. The fraction of sp³-hybridized carbons (Fsp3) is 0.500. The molecular weight excluding hydrogens is 226 g/mol. The Labute approximate surface area is 107 Å². The van der Waals surface area contributed by atoms with Gasteiger partial charge in [-0.3, -0.25) is 9.69 Å². The number of fused-ring (bicyclic) bond motifs is 2. The van der Waals surface area contributed by atoms with E-state index in [1.807, 2.05) is 6.07 Å². The minimum Gasteiger partial charge on any atom is -0.347 e. The van der Waals surface area contributed by atoms with Crippen molar-refractivity contribution in [2.24, 2.45) is 5.73 Å². The van der Waals surface area contributed by atoms with E-state index in [2.05, 4.69) is 34.5 Å². The first-order valence-electron chi connectivity index (χ1n) is 6.52. The molecule has 96 valence electrons. The van der Waals surface area contributed by atoms with E-state index in [-0.39, 0.29) is 11.4 Å². The molecule has 1 aromatic carbocycles. The maximum absolute atomic E-state index is 11.8. The molecule has 1 aromatic rings. The Balaban J connectivity index is 1.87. The van der Waals surface area contributed by atoms with Gasteiger partial charge in [0.05, 0.1) is 12.1 Å². The number of nitrogens with zero attached hydrogens (tertiary/aromatic N) is 1. The summed E-state index contributed by atoms with van der Waals surface area (Å²) in [4.78, 5) is 14.1. The molecule has 0 spiro atoms. The van der Waals surface area contributed by atoms with Gasteiger partial charge in [-0.15, -0.1) is 0 Å². The Kier molecular flexibility index (Phi) is 2.84. The van der Waals surface area contributed by atoms with Crippen molar-refractivity contribution >= 4 is 5.91 Å². The minimum absolute atomic E-state index is 0.104. The van der Waals surface area contributed by atoms with Crippen LogP contribution in [0.5, 0.6) is 0 Å². The fourth-order valence-electron chi connectivity index (χ4n) is 3.23. The van der Waals surface area contributed by atoms with Crippen molar-refractivity contribution in [1.82, 2.24) is 10.2 Å². The summed E-state index contributed by atoms with van der Waals surface area (Å²) in [7, 11) is 0. The van der Waals surface area contributed by atoms with E-state index >= 15 is 0 Å². The lowest BCUT2D eigenvalue weighted by molar-refractivity contribution is -0.131. The predicted molar refractivity (Wildman–Crippen MR) is 69.9 cm³/mol. The second-order valence-electron chi connectivity index (χ2n) is 5.40. The van der Waals surface area contributed by atoms with Crippen LogP contribution >= 0.6 is 0 Å². The Hall–Kier alpha value is -1.39. The van der Waals surface area contributed by atoms with Crippen LogP contribution in [0.4, 0.5) is 0 Å². The highest BCUT2D eigenvalue weighted by Gasteiger charge is 2.44. The molecule has 0 saturated carbocycles. The second kappa shape index (κ2) is 4.37. The maximum Gasteiger partial charge on any atom is 0.234 e. The molecule has 3 atom stereocenters. The van der Waals surface area contributed by atoms with Gasteiger partial charge in [0.2, 0.25) is 5.91 Å². The van der Waals surface area contributed by atoms with E-state index in [1.54, 1.807) is 0 Å². The molecule has 4 nitrogen and oxygen atoms in total. The first-order chi connectivity index (χ1) is 8.72. The number of hydrogen-bond acceptors (Lipinski definition) is 3. The summed E-state index contributed by atoms with van der Waals surface area (Å²) in [5.74, 6) is 0.104. The smallest absolute Gasteiger partial charge is 0.234 e. The third-order valence-corrected chi connectivity index (χ3v) is 4.17. The quantitative estimate of drug-likeness (QED) is 0.804. The first-order valence-corrected chi connectivity index (χ1v) is 6.52. The number of nitrogens with two attached hydrogens (primary N) is 1. The minimum atomic E-state index is -0.194. The molecule has 2 heterocycles. The van der Waals surface area contributed by atoms with Crippen molar-refractivity contribution in [1.29, 1.82) is 0 Å². The van der Waals surface area contributed by atoms with Crippen molar-refractivity contribution in [3.05, 3.63) is 35.9 Å². The summed E-state index contributed by atoms with van der Waals surface area (Å²) in [5, 5.41) is 3.08. The van der Waals surface area contributed by atoms with Gasteiger partial charge < -0.3 is 11.1 Å². The second-order valence-corrected chi connectivity index (χ2v) is 5.40. The van der Waals surface area contributed by atoms with Gasteiger partial charge in [0.15, 0.2) is 0 Å². The molecule has 2 fully saturated rings. The molecule has 18 heavy (non-hydrogen) atoms. The largest absolute Gasteiger partial charge is 0.347 e. The van der Waals surface area contributed by atoms with Gasteiger partial charge in [-0.1, -0.05) is 30.3 Å². The maximum atomic E-state index is 11.8. The molecule has 3 N–H and O–H groups in total. The lowest BCUT2D eigenvalue weighted by Gasteiger charge is -2.50. The number of piperazine rings is 1. The van der Waals surface area contributed by atoms with Crippen molar-refractivity contribution in [3.8, 4) is 0 Å². The van der Waals surface area contributed by atoms with E-state index in [9.17, 15) is 4.79 Å². The highest BCUT2D eigenvalue weighted by molar-refractivity contribution is 5.80. The number of carbonyl (C=O) groups excluding carboxylic acids is 1. The normalized spacial score (nSPS) is 35.1. The van der Waals surface area contributed by atoms with E-state index in [0.29, 0.717) is 19.1 Å². The van der Waals surface area contributed by atoms with Crippen LogP contribution in [-0.4, -0.2) is 36.0 Å². The van der Waals surface area contributed by atoms with E-state index in [1.165, 1.54) is 5.56 Å². The molecule has 2 saturated heterocycles. The number of rotatable bonds is 2. The topological polar surface area (TPSA) is 58.4 Å². The zero-order chi connectivity index (χ0) is 12.6. The van der Waals surface area contributed by atoms with Crippen LogP contribution in [0.1, 0.15) is 24.4 Å². The third kappa shape index (κ3) is 1.91. The monoisotopic (exact) mass is 245 g/mol. The van der Waals surface area contributed by atoms with Crippen molar-refractivity contribution < 1.29 is 4.79 Å². The van der Waals surface area contributed by atoms with Gasteiger partial charge in [0, 0.05) is 19.1 Å². The van der Waals surface area contributed by atoms with E-state index in [4.69, 9.17) is 5.73 Å². The molecular formula is C14H19N3O. The summed E-state index contributed by atoms with van der Waals surface area (Å²) < 4.78 is 0. The zero-order valence-electron chi connectivity index (χ0n) is 10.4. The van der Waals surface area contributed by atoms with Crippen LogP contribution in [0.15, 0.2) is 30.3 Å². The highest BCUT2D eigenvalue weighted by atomic mass is 16.2. The predicted octanol–water partition coefficient (Wildman–Crippen LogP) is 0.651. The number of nitrogens with one attached hydrogen (secondary N) is 1. The summed E-state index contributed by atoms with van der Waals surface area (Å²) in [6.07, 6.45) is 2.02. The molecule has 0 radical (unpaired) electrons. The van der Waals surface area contributed by atoms with Crippen LogP contribution in [-0.2, 0) is 4.79 Å². The van der Waals surface area contributed by atoms with Crippen LogP contribution in [0.2, 0.25) is 0 Å². The molecule has 2 bridgehead atoms. The van der Waals surface area contributed by atoms with Crippen molar-refractivity contribution in [2.45, 2.75) is 24.4 Å². The molecule has 3 rings (SSSR count). The SMILES string of the molecule is NC[C@]12CC[C@@H](c3ccccc3)N(CC(=O)N1)C2. The Morgan fingerprint density at radius 2 is 2.17 bits per heavy atom. The first kappa shape index (κ1) is 11.7. The Morgan fingerprint density at radius 1 is 1.39 bits per heavy atom. The van der Waals surface area contributed by atoms with Crippen LogP contribution < -0.4 is 11.1 Å². The molecule has 2 aliphatic rings. The van der Waals surface area contributed by atoms with Gasteiger partial charge in [-0.2, -0.15) is 0 Å². The molecule has 0 aromatic heterocycles. The average molecular weight is 245 g/mol. The molecule has 0 aliphatic carbocycles. The van der Waals surface area contributed by atoms with Crippen LogP contribution in [0.3, 0.4) is 0 Å². The summed E-state index contributed by atoms with van der Waals surface area (Å²) in [6.45, 7) is 1.88. The number of benzene rings is 1. The number of carbonyl (C=O) groups is 1. The molecule has 1 amide bonds. The van der Waals surface area contributed by atoms with Crippen molar-refractivity contribution in [2.75, 3.05) is 19.6 Å². The summed E-state index contributed by atoms with van der Waals surface area (Å²) in [5.41, 5.74) is 6.96. The number of hydrogen-bond donors (Lipinski definition) is 2. The van der Waals surface area contributed by atoms with E-state index < -0.39 is 0 Å². The number of amides is 1. The Bertz CT molecular complexity index is 448. The van der Waals surface area contributed by atoms with E-state index in [0.717, 1.165) is 19.4 Å². The van der Waals surface area contributed by atoms with Crippen LogP contribution in [0, 0.1) is 0 Å². The fourth-order valence-corrected chi connectivity index (χ4v) is 3.23. The van der Waals surface area contributed by atoms with Gasteiger partial charge in [-0.05, 0) is 18.4 Å². The standard InChI is InChI=1S/C14H19N3O/c15-9-14-7-6-12(11-4-2-1-3-5-11)17(10-14)8-13(18)16-14/h1-5,12H,6-10,15H2,(H,16,18)/t12-,14-/m0/s1. The summed E-state index contributed by atoms with van der Waals surface area (Å²) in [6, 6.07) is 10.8. The van der Waals surface area contributed by atoms with Gasteiger partial charge in [0.1, 0.15) is 0 Å². The van der Waals surface area contributed by atoms with Crippen LogP contribution in [0.25, 0.3) is 0 Å². The molecule has 1 unspecified atom stereocenters. The number of piperidine rings is 1. The highest BCUT2D eigenvalue weighted by Crippen LogP contribution is 2.36. The lowest BCUT2D eigenvalue weighted by atomic mass is 9.81. The van der Waals surface area contributed by atoms with Gasteiger partial charge in [0.25, 0.3) is 0 Å². The average Bonchev–Trinajstić information content (AvgIpc) is 2.39. The molecule has 2 aliphatic heterocycles. The Morgan fingerprint density at radius 3 is 2.89 bits per heavy atom. The summed E-state index contributed by atoms with van der Waals surface area (Å²) >= 11 is 0. The zero-order valence-corrected chi connectivity index (χ0v) is 10.4. The van der Waals surface area contributed by atoms with Gasteiger partial charge in [-0.25, -0.2) is 0 Å². The lowest BCUT2D eigenvalue weighted by Crippen LogP contribution is -2.68. The van der Waals surface area contributed by atoms with Crippen molar-refractivity contribution in [3.63, 3.8) is 0 Å². The van der Waals surface area contributed by atoms with Gasteiger partial charge >= 0.3 is 0 Å².